The molecule has 0 aliphatic heterocycles. The molecule has 2 aromatic rings. The highest BCUT2D eigenvalue weighted by atomic mass is 35.5. The minimum atomic E-state index is 0.751. The highest BCUT2D eigenvalue weighted by Crippen LogP contribution is 2.26. The van der Waals surface area contributed by atoms with E-state index >= 15 is 0 Å². The van der Waals surface area contributed by atoms with Crippen molar-refractivity contribution in [2.45, 2.75) is 20.8 Å². The van der Waals surface area contributed by atoms with Crippen LogP contribution in [0.4, 0.5) is 0 Å². The molecule has 0 aliphatic rings. The molecule has 0 amide bonds. The minimum Gasteiger partial charge on any atom is -0.243 e. The van der Waals surface area contributed by atoms with Crippen LogP contribution < -0.4 is 0 Å². The van der Waals surface area contributed by atoms with Gasteiger partial charge in [0.15, 0.2) is 0 Å². The molecule has 3 heteroatoms. The van der Waals surface area contributed by atoms with Gasteiger partial charge in [-0.15, -0.1) is 11.3 Å². The Hall–Kier alpha value is -0.600. The van der Waals surface area contributed by atoms with Crippen molar-refractivity contribution in [1.82, 2.24) is 4.98 Å². The maximum atomic E-state index is 5.95. The highest BCUT2D eigenvalue weighted by molar-refractivity contribution is 7.16. The molecule has 0 spiro atoms. The summed E-state index contributed by atoms with van der Waals surface area (Å²) in [6, 6.07) is 4.03. The molecule has 1 aromatic carbocycles. The first-order valence-corrected chi connectivity index (χ1v) is 5.52. The first-order valence-electron chi connectivity index (χ1n) is 4.27. The minimum absolute atomic E-state index is 0.751. The molecule has 0 aliphatic carbocycles. The average Bonchev–Trinajstić information content (AvgIpc) is 2.55. The SMILES string of the molecule is CC.Cc1cc(Cl)c2ncsc2c1. The molecule has 0 atom stereocenters. The van der Waals surface area contributed by atoms with E-state index in [1.807, 2.05) is 32.3 Å². The number of halogens is 1. The van der Waals surface area contributed by atoms with Gasteiger partial charge in [0, 0.05) is 0 Å². The monoisotopic (exact) mass is 213 g/mol. The van der Waals surface area contributed by atoms with Gasteiger partial charge >= 0.3 is 0 Å². The number of hydrogen-bond donors (Lipinski definition) is 0. The van der Waals surface area contributed by atoms with Gasteiger partial charge in [-0.25, -0.2) is 4.98 Å². The molecule has 2 rings (SSSR count). The zero-order valence-corrected chi connectivity index (χ0v) is 9.54. The summed E-state index contributed by atoms with van der Waals surface area (Å²) in [6.45, 7) is 6.03. The molecular weight excluding hydrogens is 202 g/mol. The summed E-state index contributed by atoms with van der Waals surface area (Å²) in [5.74, 6) is 0. The number of hydrogen-bond acceptors (Lipinski definition) is 2. The summed E-state index contributed by atoms with van der Waals surface area (Å²) >= 11 is 7.57. The van der Waals surface area contributed by atoms with Crippen molar-refractivity contribution >= 4 is 33.2 Å². The third kappa shape index (κ3) is 2.20. The number of nitrogens with zero attached hydrogens (tertiary/aromatic N) is 1. The Kier molecular flexibility index (Phi) is 3.70. The van der Waals surface area contributed by atoms with Crippen molar-refractivity contribution < 1.29 is 0 Å². The van der Waals surface area contributed by atoms with Gasteiger partial charge in [0.1, 0.15) is 0 Å². The summed E-state index contributed by atoms with van der Waals surface area (Å²) in [4.78, 5) is 4.15. The number of aryl methyl sites for hydroxylation is 1. The van der Waals surface area contributed by atoms with Gasteiger partial charge in [0.05, 0.1) is 20.7 Å². The average molecular weight is 214 g/mol. The molecule has 13 heavy (non-hydrogen) atoms. The predicted molar refractivity (Wildman–Crippen MR) is 60.7 cm³/mol. The van der Waals surface area contributed by atoms with Gasteiger partial charge in [-0.3, -0.25) is 0 Å². The van der Waals surface area contributed by atoms with Crippen LogP contribution in [0.25, 0.3) is 10.2 Å². The van der Waals surface area contributed by atoms with E-state index in [4.69, 9.17) is 11.6 Å². The lowest BCUT2D eigenvalue weighted by atomic mass is 10.2. The first kappa shape index (κ1) is 10.5. The fraction of sp³-hybridized carbons (Fsp3) is 0.300. The van der Waals surface area contributed by atoms with Crippen molar-refractivity contribution in [1.29, 1.82) is 0 Å². The molecule has 1 aromatic heterocycles. The highest BCUT2D eigenvalue weighted by Gasteiger charge is 2.01. The Bertz CT molecular complexity index is 395. The quantitative estimate of drug-likeness (QED) is 0.637. The fourth-order valence-corrected chi connectivity index (χ4v) is 2.23. The topological polar surface area (TPSA) is 12.9 Å². The second kappa shape index (κ2) is 4.58. The van der Waals surface area contributed by atoms with Gasteiger partial charge < -0.3 is 0 Å². The Morgan fingerprint density at radius 3 is 2.69 bits per heavy atom. The van der Waals surface area contributed by atoms with Gasteiger partial charge in [-0.05, 0) is 24.6 Å². The second-order valence-electron chi connectivity index (χ2n) is 2.45. The Morgan fingerprint density at radius 2 is 2.00 bits per heavy atom. The van der Waals surface area contributed by atoms with Crippen molar-refractivity contribution in [3.05, 3.63) is 28.2 Å². The summed E-state index contributed by atoms with van der Waals surface area (Å²) in [7, 11) is 0. The molecule has 70 valence electrons. The van der Waals surface area contributed by atoms with Crippen LogP contribution in [0.15, 0.2) is 17.6 Å². The van der Waals surface area contributed by atoms with Gasteiger partial charge in [0.25, 0.3) is 0 Å². The molecule has 0 radical (unpaired) electrons. The normalized spacial score (nSPS) is 9.54. The fourth-order valence-electron chi connectivity index (χ4n) is 1.05. The van der Waals surface area contributed by atoms with Crippen LogP contribution in [0, 0.1) is 6.92 Å². The zero-order chi connectivity index (χ0) is 9.84. The van der Waals surface area contributed by atoms with Gasteiger partial charge in [0.2, 0.25) is 0 Å². The van der Waals surface area contributed by atoms with E-state index in [1.54, 1.807) is 11.3 Å². The predicted octanol–water partition coefficient (Wildman–Crippen LogP) is 4.28. The zero-order valence-electron chi connectivity index (χ0n) is 7.97. The van der Waals surface area contributed by atoms with E-state index in [0.29, 0.717) is 0 Å². The van der Waals surface area contributed by atoms with Gasteiger partial charge in [-0.1, -0.05) is 25.4 Å². The second-order valence-corrected chi connectivity index (χ2v) is 3.74. The van der Waals surface area contributed by atoms with Crippen LogP contribution in [0.3, 0.4) is 0 Å². The molecule has 0 saturated heterocycles. The summed E-state index contributed by atoms with van der Waals surface area (Å²) < 4.78 is 1.16. The smallest absolute Gasteiger partial charge is 0.0998 e. The lowest BCUT2D eigenvalue weighted by Crippen LogP contribution is -1.73. The van der Waals surface area contributed by atoms with Crippen LogP contribution in [0.2, 0.25) is 5.02 Å². The largest absolute Gasteiger partial charge is 0.243 e. The van der Waals surface area contributed by atoms with Crippen LogP contribution in [-0.4, -0.2) is 4.98 Å². The van der Waals surface area contributed by atoms with Crippen LogP contribution >= 0.6 is 22.9 Å². The van der Waals surface area contributed by atoms with E-state index in [0.717, 1.165) is 15.2 Å². The molecule has 1 heterocycles. The van der Waals surface area contributed by atoms with E-state index < -0.39 is 0 Å². The molecule has 0 unspecified atom stereocenters. The Balaban J connectivity index is 0.000000396. The summed E-state index contributed by atoms with van der Waals surface area (Å²) in [5, 5.41) is 0.751. The first-order chi connectivity index (χ1) is 6.27. The lowest BCUT2D eigenvalue weighted by molar-refractivity contribution is 1.46. The number of benzene rings is 1. The summed E-state index contributed by atoms with van der Waals surface area (Å²) in [6.07, 6.45) is 0. The number of fused-ring (bicyclic) bond motifs is 1. The van der Waals surface area contributed by atoms with E-state index in [1.165, 1.54) is 5.56 Å². The van der Waals surface area contributed by atoms with Crippen molar-refractivity contribution in [3.63, 3.8) is 0 Å². The third-order valence-corrected chi connectivity index (χ3v) is 2.60. The number of aromatic nitrogens is 1. The molecule has 0 bridgehead atoms. The van der Waals surface area contributed by atoms with Gasteiger partial charge in [-0.2, -0.15) is 0 Å². The maximum Gasteiger partial charge on any atom is 0.0998 e. The molecule has 0 saturated carbocycles. The van der Waals surface area contributed by atoms with Crippen molar-refractivity contribution in [3.8, 4) is 0 Å². The standard InChI is InChI=1S/C8H6ClNS.C2H6/c1-5-2-6(9)8-7(3-5)11-4-10-8;1-2/h2-4H,1H3;1-2H3. The third-order valence-electron chi connectivity index (χ3n) is 1.53. The molecule has 0 N–H and O–H groups in total. The number of rotatable bonds is 0. The van der Waals surface area contributed by atoms with Crippen LogP contribution in [-0.2, 0) is 0 Å². The number of thiazole rings is 1. The van der Waals surface area contributed by atoms with Crippen molar-refractivity contribution in [2.24, 2.45) is 0 Å². The van der Waals surface area contributed by atoms with Crippen LogP contribution in [0.1, 0.15) is 19.4 Å². The lowest BCUT2D eigenvalue weighted by Gasteiger charge is -1.93. The van der Waals surface area contributed by atoms with E-state index in [9.17, 15) is 0 Å². The molecule has 1 nitrogen and oxygen atoms in total. The van der Waals surface area contributed by atoms with Crippen LogP contribution in [0.5, 0.6) is 0 Å². The maximum absolute atomic E-state index is 5.95. The summed E-state index contributed by atoms with van der Waals surface area (Å²) in [5.41, 5.74) is 3.92. The Morgan fingerprint density at radius 1 is 1.31 bits per heavy atom. The van der Waals surface area contributed by atoms with Crippen molar-refractivity contribution in [2.75, 3.05) is 0 Å². The molecular formula is C10H12ClNS. The Labute approximate surface area is 87.4 Å². The molecule has 0 fully saturated rings. The van der Waals surface area contributed by atoms with E-state index in [2.05, 4.69) is 11.1 Å². The van der Waals surface area contributed by atoms with E-state index in [-0.39, 0.29) is 0 Å².